The molecule has 0 amide bonds. The van der Waals surface area contributed by atoms with E-state index in [9.17, 15) is 0 Å². The molecule has 2 N–H and O–H groups in total. The van der Waals surface area contributed by atoms with Crippen LogP contribution in [0.25, 0.3) is 0 Å². The molecule has 1 saturated heterocycles. The summed E-state index contributed by atoms with van der Waals surface area (Å²) in [6, 6.07) is 0.440. The summed E-state index contributed by atoms with van der Waals surface area (Å²) in [5.41, 5.74) is 6.72. The molecule has 2 aliphatic rings. The molecule has 2 fully saturated rings. The van der Waals surface area contributed by atoms with Crippen molar-refractivity contribution in [2.45, 2.75) is 46.1 Å². The molecule has 1 saturated carbocycles. The van der Waals surface area contributed by atoms with Gasteiger partial charge in [0, 0.05) is 19.1 Å². The summed E-state index contributed by atoms with van der Waals surface area (Å²) >= 11 is 0. The minimum atomic E-state index is 0.440. The van der Waals surface area contributed by atoms with Crippen LogP contribution in [0.2, 0.25) is 0 Å². The Morgan fingerprint density at radius 3 is 2.53 bits per heavy atom. The van der Waals surface area contributed by atoms with Gasteiger partial charge in [0.2, 0.25) is 0 Å². The van der Waals surface area contributed by atoms with Crippen LogP contribution in [0, 0.1) is 17.3 Å². The molecule has 2 heteroatoms. The van der Waals surface area contributed by atoms with Crippen molar-refractivity contribution >= 4 is 0 Å². The van der Waals surface area contributed by atoms with E-state index in [0.717, 1.165) is 5.92 Å². The number of hydrogen-bond donors (Lipinski definition) is 1. The molecule has 0 aromatic heterocycles. The lowest BCUT2D eigenvalue weighted by atomic mass is 9.89. The van der Waals surface area contributed by atoms with Crippen LogP contribution in [0.5, 0.6) is 0 Å². The van der Waals surface area contributed by atoms with Crippen molar-refractivity contribution in [3.8, 4) is 0 Å². The third-order valence-corrected chi connectivity index (χ3v) is 4.71. The molecule has 1 heterocycles. The zero-order valence-electron chi connectivity index (χ0n) is 10.5. The SMILES string of the molecule is CC1CN(CC2(C(C)C)CC2)CCC1N. The Balaban J connectivity index is 1.86. The minimum Gasteiger partial charge on any atom is -0.327 e. The fourth-order valence-electron chi connectivity index (χ4n) is 2.92. The van der Waals surface area contributed by atoms with Gasteiger partial charge in [0.1, 0.15) is 0 Å². The molecule has 0 spiro atoms. The average molecular weight is 210 g/mol. The second-order valence-electron chi connectivity index (χ2n) is 6.18. The maximum Gasteiger partial charge on any atom is 0.00889 e. The van der Waals surface area contributed by atoms with Gasteiger partial charge in [-0.3, -0.25) is 0 Å². The molecule has 2 rings (SSSR count). The van der Waals surface area contributed by atoms with Crippen LogP contribution >= 0.6 is 0 Å². The third-order valence-electron chi connectivity index (χ3n) is 4.71. The summed E-state index contributed by atoms with van der Waals surface area (Å²) in [6.07, 6.45) is 4.08. The maximum atomic E-state index is 6.05. The highest BCUT2D eigenvalue weighted by molar-refractivity contribution is 4.98. The largest absolute Gasteiger partial charge is 0.327 e. The monoisotopic (exact) mass is 210 g/mol. The van der Waals surface area contributed by atoms with Gasteiger partial charge >= 0.3 is 0 Å². The first-order chi connectivity index (χ1) is 7.03. The fourth-order valence-corrected chi connectivity index (χ4v) is 2.92. The number of rotatable bonds is 3. The van der Waals surface area contributed by atoms with Crippen LogP contribution in [0.3, 0.4) is 0 Å². The zero-order valence-corrected chi connectivity index (χ0v) is 10.5. The van der Waals surface area contributed by atoms with Crippen molar-refractivity contribution in [3.63, 3.8) is 0 Å². The first kappa shape index (κ1) is 11.4. The molecule has 2 atom stereocenters. The van der Waals surface area contributed by atoms with Gasteiger partial charge in [-0.05, 0) is 43.1 Å². The van der Waals surface area contributed by atoms with Crippen molar-refractivity contribution < 1.29 is 0 Å². The summed E-state index contributed by atoms with van der Waals surface area (Å²) in [5.74, 6) is 1.53. The minimum absolute atomic E-state index is 0.440. The van der Waals surface area contributed by atoms with Gasteiger partial charge in [0.15, 0.2) is 0 Å². The summed E-state index contributed by atoms with van der Waals surface area (Å²) in [4.78, 5) is 2.65. The summed E-state index contributed by atoms with van der Waals surface area (Å²) < 4.78 is 0. The second-order valence-corrected chi connectivity index (χ2v) is 6.18. The highest BCUT2D eigenvalue weighted by Crippen LogP contribution is 2.52. The predicted molar refractivity (Wildman–Crippen MR) is 64.7 cm³/mol. The number of likely N-dealkylation sites (tertiary alicyclic amines) is 1. The molecule has 0 aromatic rings. The van der Waals surface area contributed by atoms with E-state index in [2.05, 4.69) is 25.7 Å². The van der Waals surface area contributed by atoms with E-state index >= 15 is 0 Å². The van der Waals surface area contributed by atoms with Crippen molar-refractivity contribution in [2.24, 2.45) is 23.0 Å². The molecule has 0 bridgehead atoms. The van der Waals surface area contributed by atoms with E-state index in [1.165, 1.54) is 38.9 Å². The number of hydrogen-bond acceptors (Lipinski definition) is 2. The Labute approximate surface area is 94.2 Å². The predicted octanol–water partition coefficient (Wildman–Crippen LogP) is 2.09. The smallest absolute Gasteiger partial charge is 0.00889 e. The van der Waals surface area contributed by atoms with Gasteiger partial charge in [-0.15, -0.1) is 0 Å². The van der Waals surface area contributed by atoms with E-state index in [4.69, 9.17) is 5.73 Å². The lowest BCUT2D eigenvalue weighted by molar-refractivity contribution is 0.121. The average Bonchev–Trinajstić information content (AvgIpc) is 2.93. The van der Waals surface area contributed by atoms with E-state index < -0.39 is 0 Å². The van der Waals surface area contributed by atoms with Crippen LogP contribution in [0.15, 0.2) is 0 Å². The van der Waals surface area contributed by atoms with E-state index in [-0.39, 0.29) is 0 Å². The molecular weight excluding hydrogens is 184 g/mol. The van der Waals surface area contributed by atoms with Crippen LogP contribution < -0.4 is 5.73 Å². The summed E-state index contributed by atoms with van der Waals surface area (Å²) in [6.45, 7) is 10.8. The third kappa shape index (κ3) is 2.36. The Morgan fingerprint density at radius 2 is 2.07 bits per heavy atom. The molecule has 2 nitrogen and oxygen atoms in total. The Bertz CT molecular complexity index is 221. The van der Waals surface area contributed by atoms with Gasteiger partial charge in [-0.1, -0.05) is 20.8 Å². The molecule has 2 unspecified atom stereocenters. The van der Waals surface area contributed by atoms with Crippen LogP contribution in [0.1, 0.15) is 40.0 Å². The fraction of sp³-hybridized carbons (Fsp3) is 1.00. The first-order valence-corrected chi connectivity index (χ1v) is 6.51. The lowest BCUT2D eigenvalue weighted by Crippen LogP contribution is -2.48. The molecule has 0 radical (unpaired) electrons. The molecule has 1 aliphatic carbocycles. The standard InChI is InChI=1S/C13H26N2/c1-10(2)13(5-6-13)9-15-7-4-12(14)11(3)8-15/h10-12H,4-9,14H2,1-3H3. The molecule has 88 valence electrons. The Morgan fingerprint density at radius 1 is 1.40 bits per heavy atom. The first-order valence-electron chi connectivity index (χ1n) is 6.51. The van der Waals surface area contributed by atoms with Gasteiger partial charge in [0.25, 0.3) is 0 Å². The summed E-state index contributed by atoms with van der Waals surface area (Å²) in [5, 5.41) is 0. The molecule has 0 aromatic carbocycles. The second kappa shape index (κ2) is 4.06. The van der Waals surface area contributed by atoms with Gasteiger partial charge in [-0.25, -0.2) is 0 Å². The zero-order chi connectivity index (χ0) is 11.1. The normalized spacial score (nSPS) is 35.8. The van der Waals surface area contributed by atoms with Crippen molar-refractivity contribution in [3.05, 3.63) is 0 Å². The van der Waals surface area contributed by atoms with Gasteiger partial charge in [-0.2, -0.15) is 0 Å². The van der Waals surface area contributed by atoms with E-state index in [0.29, 0.717) is 17.4 Å². The van der Waals surface area contributed by atoms with Crippen LogP contribution in [-0.4, -0.2) is 30.6 Å². The number of piperidine rings is 1. The quantitative estimate of drug-likeness (QED) is 0.773. The highest BCUT2D eigenvalue weighted by Gasteiger charge is 2.46. The topological polar surface area (TPSA) is 29.3 Å². The van der Waals surface area contributed by atoms with Crippen molar-refractivity contribution in [1.29, 1.82) is 0 Å². The molecule has 15 heavy (non-hydrogen) atoms. The van der Waals surface area contributed by atoms with Crippen molar-refractivity contribution in [2.75, 3.05) is 19.6 Å². The maximum absolute atomic E-state index is 6.05. The van der Waals surface area contributed by atoms with E-state index in [1.54, 1.807) is 0 Å². The van der Waals surface area contributed by atoms with Crippen molar-refractivity contribution in [1.82, 2.24) is 4.90 Å². The van der Waals surface area contributed by atoms with E-state index in [1.807, 2.05) is 0 Å². The summed E-state index contributed by atoms with van der Waals surface area (Å²) in [7, 11) is 0. The number of nitrogens with two attached hydrogens (primary N) is 1. The molecular formula is C13H26N2. The van der Waals surface area contributed by atoms with Crippen LogP contribution in [-0.2, 0) is 0 Å². The lowest BCUT2D eigenvalue weighted by Gasteiger charge is -2.38. The van der Waals surface area contributed by atoms with Gasteiger partial charge in [0.05, 0.1) is 0 Å². The Hall–Kier alpha value is -0.0800. The number of nitrogens with zero attached hydrogens (tertiary/aromatic N) is 1. The molecule has 1 aliphatic heterocycles. The van der Waals surface area contributed by atoms with Crippen LogP contribution in [0.4, 0.5) is 0 Å². The highest BCUT2D eigenvalue weighted by atomic mass is 15.2. The Kier molecular flexibility index (Phi) is 3.09. The van der Waals surface area contributed by atoms with Gasteiger partial charge < -0.3 is 10.6 Å².